The Balaban J connectivity index is 1.09. The number of benzene rings is 3. The van der Waals surface area contributed by atoms with E-state index in [9.17, 15) is 24.3 Å². The summed E-state index contributed by atoms with van der Waals surface area (Å²) in [6.07, 6.45) is 2.53. The van der Waals surface area contributed by atoms with Crippen LogP contribution in [0.4, 0.5) is 11.4 Å². The van der Waals surface area contributed by atoms with Gasteiger partial charge in [0.15, 0.2) is 5.58 Å². The molecule has 1 saturated carbocycles. The molecular weight excluding hydrogens is 622 g/mol. The molecule has 0 spiro atoms. The van der Waals surface area contributed by atoms with Crippen LogP contribution in [0.25, 0.3) is 22.6 Å². The molecule has 5 aromatic rings. The summed E-state index contributed by atoms with van der Waals surface area (Å²) in [6, 6.07) is 26.7. The van der Waals surface area contributed by atoms with Gasteiger partial charge < -0.3 is 13.9 Å². The number of imide groups is 2. The van der Waals surface area contributed by atoms with Gasteiger partial charge in [0.2, 0.25) is 29.5 Å². The fourth-order valence-electron chi connectivity index (χ4n) is 8.78. The first-order valence-electron chi connectivity index (χ1n) is 16.5. The Morgan fingerprint density at radius 3 is 2.27 bits per heavy atom. The monoisotopic (exact) mass is 653 g/mol. The molecule has 4 amide bonds. The molecule has 4 aliphatic rings. The number of aliphatic hydroxyl groups excluding tert-OH is 1. The number of aliphatic hydroxyl groups is 1. The van der Waals surface area contributed by atoms with Crippen LogP contribution >= 0.6 is 0 Å². The molecule has 3 fully saturated rings. The molecule has 9 rings (SSSR count). The van der Waals surface area contributed by atoms with Gasteiger partial charge in [-0.15, -0.1) is 0 Å². The lowest BCUT2D eigenvalue weighted by molar-refractivity contribution is -0.131. The van der Waals surface area contributed by atoms with Gasteiger partial charge in [-0.1, -0.05) is 42.0 Å². The molecule has 0 unspecified atom stereocenters. The van der Waals surface area contributed by atoms with Gasteiger partial charge >= 0.3 is 0 Å². The number of aromatic nitrogens is 1. The van der Waals surface area contributed by atoms with Crippen LogP contribution in [0.1, 0.15) is 37.2 Å². The van der Waals surface area contributed by atoms with E-state index in [0.29, 0.717) is 46.4 Å². The highest BCUT2D eigenvalue weighted by atomic mass is 16.4. The third-order valence-corrected chi connectivity index (χ3v) is 11.1. The average Bonchev–Trinajstić information content (AvgIpc) is 3.88. The summed E-state index contributed by atoms with van der Waals surface area (Å²) in [7, 11) is 0. The van der Waals surface area contributed by atoms with Gasteiger partial charge in [0, 0.05) is 5.56 Å². The molecule has 2 aliphatic carbocycles. The number of nitrogens with zero attached hydrogens (tertiary/aromatic N) is 3. The van der Waals surface area contributed by atoms with Crippen LogP contribution in [0.2, 0.25) is 0 Å². The normalized spacial score (nSPS) is 27.8. The van der Waals surface area contributed by atoms with Gasteiger partial charge in [0.05, 0.1) is 40.5 Å². The molecule has 2 aromatic heterocycles. The van der Waals surface area contributed by atoms with E-state index < -0.39 is 35.0 Å². The third kappa shape index (κ3) is 4.13. The van der Waals surface area contributed by atoms with Gasteiger partial charge in [-0.05, 0) is 86.3 Å². The van der Waals surface area contributed by atoms with Gasteiger partial charge in [-0.25, -0.2) is 9.88 Å². The van der Waals surface area contributed by atoms with E-state index in [2.05, 4.69) is 4.98 Å². The van der Waals surface area contributed by atoms with Crippen molar-refractivity contribution in [2.45, 2.75) is 32.3 Å². The van der Waals surface area contributed by atoms with Crippen molar-refractivity contribution < 1.29 is 33.1 Å². The van der Waals surface area contributed by atoms with E-state index in [0.717, 1.165) is 11.1 Å². The van der Waals surface area contributed by atoms with E-state index in [4.69, 9.17) is 8.83 Å². The van der Waals surface area contributed by atoms with Crippen LogP contribution < -0.4 is 9.80 Å². The van der Waals surface area contributed by atoms with E-state index in [1.165, 1.54) is 9.80 Å². The van der Waals surface area contributed by atoms with Gasteiger partial charge in [-0.2, -0.15) is 0 Å². The quantitative estimate of drug-likeness (QED) is 0.180. The van der Waals surface area contributed by atoms with Crippen molar-refractivity contribution in [3.63, 3.8) is 0 Å². The highest BCUT2D eigenvalue weighted by molar-refractivity contribution is 6.25. The van der Waals surface area contributed by atoms with Crippen molar-refractivity contribution in [2.75, 3.05) is 9.80 Å². The van der Waals surface area contributed by atoms with Crippen molar-refractivity contribution in [3.8, 4) is 11.5 Å². The van der Waals surface area contributed by atoms with Crippen LogP contribution in [-0.2, 0) is 25.8 Å². The summed E-state index contributed by atoms with van der Waals surface area (Å²) < 4.78 is 12.0. The van der Waals surface area contributed by atoms with Crippen molar-refractivity contribution in [1.82, 2.24) is 4.98 Å². The molecule has 2 saturated heterocycles. The first-order chi connectivity index (χ1) is 23.8. The Bertz CT molecular complexity index is 2180. The number of rotatable bonds is 5. The summed E-state index contributed by atoms with van der Waals surface area (Å²) in [5, 5.41) is 9.82. The van der Waals surface area contributed by atoms with E-state index >= 15 is 0 Å². The number of anilines is 2. The Morgan fingerprint density at radius 2 is 1.53 bits per heavy atom. The molecule has 2 aliphatic heterocycles. The third-order valence-electron chi connectivity index (χ3n) is 11.1. The molecule has 6 atom stereocenters. The first-order valence-corrected chi connectivity index (χ1v) is 16.5. The number of carbonyl (C=O) groups is 4. The average molecular weight is 654 g/mol. The highest BCUT2D eigenvalue weighted by Gasteiger charge is 2.68. The minimum absolute atomic E-state index is 0.241. The predicted octanol–water partition coefficient (Wildman–Crippen LogP) is 6.02. The van der Waals surface area contributed by atoms with Crippen molar-refractivity contribution >= 4 is 46.1 Å². The lowest BCUT2D eigenvalue weighted by atomic mass is 9.52. The molecular formula is C39H31N3O7. The Labute approximate surface area is 280 Å². The fourth-order valence-corrected chi connectivity index (χ4v) is 8.78. The molecule has 4 heterocycles. The van der Waals surface area contributed by atoms with Gasteiger partial charge in [0.1, 0.15) is 23.6 Å². The zero-order valence-electron chi connectivity index (χ0n) is 26.5. The first kappa shape index (κ1) is 29.5. The lowest BCUT2D eigenvalue weighted by Crippen LogP contribution is -2.48. The maximum Gasteiger partial charge on any atom is 0.241 e. The van der Waals surface area contributed by atoms with Crippen LogP contribution in [0.3, 0.4) is 0 Å². The number of allylic oxidation sites excluding steroid dienone is 2. The lowest BCUT2D eigenvalue weighted by Gasteiger charge is -2.48. The van der Waals surface area contributed by atoms with Crippen LogP contribution in [-0.4, -0.2) is 33.7 Å². The zero-order chi connectivity index (χ0) is 33.6. The molecule has 10 nitrogen and oxygen atoms in total. The molecule has 244 valence electrons. The standard InChI is InChI=1S/C39H31N3O7/c1-39-28(36(45)42(38(39)47)22-7-3-2-4-8-22)19-27-25(33(39)31-18-15-24(20-43)48-31)16-17-26-32(27)37(46)41(35(26)44)23-13-11-21(12-14-23)34-40-29-9-5-6-10-30(29)49-34/h2-16,18,26-28,32-33,43H,17,19-20H2,1H3/t26-,27+,28-,32-,33+,39+/m0/s1. The number of hydrogen-bond acceptors (Lipinski definition) is 8. The number of hydrogen-bond donors (Lipinski definition) is 1. The minimum atomic E-state index is -1.21. The maximum absolute atomic E-state index is 14.4. The maximum atomic E-state index is 14.4. The molecule has 0 radical (unpaired) electrons. The van der Waals surface area contributed by atoms with Crippen molar-refractivity contribution in [2.24, 2.45) is 29.1 Å². The van der Waals surface area contributed by atoms with Gasteiger partial charge in [0.25, 0.3) is 0 Å². The van der Waals surface area contributed by atoms with Crippen LogP contribution in [0.15, 0.2) is 111 Å². The van der Waals surface area contributed by atoms with E-state index in [1.54, 1.807) is 60.7 Å². The Morgan fingerprint density at radius 1 is 0.796 bits per heavy atom. The number of carbonyl (C=O) groups excluding carboxylic acids is 4. The molecule has 49 heavy (non-hydrogen) atoms. The summed E-state index contributed by atoms with van der Waals surface area (Å²) >= 11 is 0. The summed E-state index contributed by atoms with van der Waals surface area (Å²) in [4.78, 5) is 64.1. The predicted molar refractivity (Wildman–Crippen MR) is 178 cm³/mol. The van der Waals surface area contributed by atoms with Crippen LogP contribution in [0.5, 0.6) is 0 Å². The number of furan rings is 1. The topological polar surface area (TPSA) is 134 Å². The summed E-state index contributed by atoms with van der Waals surface area (Å²) in [5.41, 5.74) is 2.65. The minimum Gasteiger partial charge on any atom is -0.463 e. The number of amides is 4. The number of fused-ring (bicyclic) bond motifs is 5. The molecule has 3 aromatic carbocycles. The van der Waals surface area contributed by atoms with E-state index in [-0.39, 0.29) is 36.7 Å². The summed E-state index contributed by atoms with van der Waals surface area (Å²) in [6.45, 7) is 1.48. The Kier molecular flexibility index (Phi) is 6.45. The second-order valence-corrected chi connectivity index (χ2v) is 13.5. The van der Waals surface area contributed by atoms with E-state index in [1.807, 2.05) is 43.3 Å². The Hall–Kier alpha value is -5.61. The smallest absolute Gasteiger partial charge is 0.241 e. The van der Waals surface area contributed by atoms with Crippen LogP contribution in [0, 0.1) is 29.1 Å². The SMILES string of the molecule is C[C@@]12C(=O)N(c3ccccc3)C(=O)[C@@H]1C[C@@H]1C(=CC[C@@H]3C(=O)N(c4ccc(-c5nc6ccccc6o5)cc4)C(=O)[C@@H]31)[C@@H]2c1ccc(CO)o1. The number of para-hydroxylation sites is 3. The molecule has 0 bridgehead atoms. The highest BCUT2D eigenvalue weighted by Crippen LogP contribution is 2.63. The van der Waals surface area contributed by atoms with Gasteiger partial charge in [-0.3, -0.25) is 24.1 Å². The van der Waals surface area contributed by atoms with Crippen molar-refractivity contribution in [3.05, 3.63) is 114 Å². The molecule has 10 heteroatoms. The number of oxazole rings is 1. The second-order valence-electron chi connectivity index (χ2n) is 13.5. The van der Waals surface area contributed by atoms with Crippen molar-refractivity contribution in [1.29, 1.82) is 0 Å². The second kappa shape index (κ2) is 10.7. The largest absolute Gasteiger partial charge is 0.463 e. The zero-order valence-corrected chi connectivity index (χ0v) is 26.5. The fraction of sp³-hybridized carbons (Fsp3) is 0.256. The molecule has 1 N–H and O–H groups in total. The summed E-state index contributed by atoms with van der Waals surface area (Å²) in [5.74, 6) is -3.28.